The van der Waals surface area contributed by atoms with E-state index < -0.39 is 17.9 Å². The first-order valence-corrected chi connectivity index (χ1v) is 6.87. The molecule has 1 fully saturated rings. The zero-order valence-corrected chi connectivity index (χ0v) is 12.1. The van der Waals surface area contributed by atoms with Crippen molar-refractivity contribution >= 4 is 35.1 Å². The number of rotatable bonds is 5. The van der Waals surface area contributed by atoms with Gasteiger partial charge in [0.25, 0.3) is 5.91 Å². The van der Waals surface area contributed by atoms with Crippen LogP contribution in [0.1, 0.15) is 30.1 Å². The number of hydrogen-bond donors (Lipinski definition) is 3. The van der Waals surface area contributed by atoms with Gasteiger partial charge in [-0.3, -0.25) is 9.59 Å². The number of aliphatic carboxylic acids is 1. The molecule has 1 aromatic rings. The molecular formula is C14H15ClN2O4. The largest absolute Gasteiger partial charge is 0.480 e. The number of carbonyl (C=O) groups excluding carboxylic acids is 2. The molecule has 0 bridgehead atoms. The van der Waals surface area contributed by atoms with E-state index in [1.807, 2.05) is 0 Å². The van der Waals surface area contributed by atoms with Gasteiger partial charge in [-0.15, -0.1) is 0 Å². The van der Waals surface area contributed by atoms with E-state index in [9.17, 15) is 14.4 Å². The zero-order valence-electron chi connectivity index (χ0n) is 11.4. The van der Waals surface area contributed by atoms with Gasteiger partial charge in [-0.25, -0.2) is 4.79 Å². The lowest BCUT2D eigenvalue weighted by Gasteiger charge is -2.15. The van der Waals surface area contributed by atoms with Crippen molar-refractivity contribution in [2.24, 2.45) is 5.92 Å². The highest BCUT2D eigenvalue weighted by molar-refractivity contribution is 6.34. The summed E-state index contributed by atoms with van der Waals surface area (Å²) in [4.78, 5) is 34.3. The van der Waals surface area contributed by atoms with Crippen LogP contribution in [-0.4, -0.2) is 28.9 Å². The summed E-state index contributed by atoms with van der Waals surface area (Å²) in [6, 6.07) is 3.56. The molecule has 0 aliphatic heterocycles. The molecule has 1 atom stereocenters. The first kappa shape index (κ1) is 15.3. The van der Waals surface area contributed by atoms with Crippen molar-refractivity contribution in [1.82, 2.24) is 5.32 Å². The molecule has 0 radical (unpaired) electrons. The van der Waals surface area contributed by atoms with Gasteiger partial charge in [0.15, 0.2) is 0 Å². The van der Waals surface area contributed by atoms with E-state index in [-0.39, 0.29) is 22.4 Å². The van der Waals surface area contributed by atoms with E-state index in [0.717, 1.165) is 12.8 Å². The molecule has 2 amide bonds. The lowest BCUT2D eigenvalue weighted by Crippen LogP contribution is -2.42. The van der Waals surface area contributed by atoms with E-state index >= 15 is 0 Å². The molecule has 1 aliphatic rings. The fourth-order valence-electron chi connectivity index (χ4n) is 2.01. The maximum atomic E-state index is 12.2. The van der Waals surface area contributed by atoms with Gasteiger partial charge in [-0.2, -0.15) is 0 Å². The van der Waals surface area contributed by atoms with E-state index in [1.165, 1.54) is 19.1 Å². The van der Waals surface area contributed by atoms with Crippen molar-refractivity contribution in [3.8, 4) is 0 Å². The van der Waals surface area contributed by atoms with E-state index in [2.05, 4.69) is 10.6 Å². The second-order valence-electron chi connectivity index (χ2n) is 5.00. The third-order valence-corrected chi connectivity index (χ3v) is 3.51. The first-order valence-electron chi connectivity index (χ1n) is 6.49. The van der Waals surface area contributed by atoms with Crippen LogP contribution in [0, 0.1) is 5.92 Å². The van der Waals surface area contributed by atoms with E-state index in [4.69, 9.17) is 16.7 Å². The standard InChI is InChI=1S/C14H15ClN2O4/c1-7(18)16-9-4-5-11(15)10(6-9)13(19)17-12(14(20)21)8-2-3-8/h4-6,8,12H,2-3H2,1H3,(H,16,18)(H,17,19)(H,20,21). The predicted molar refractivity (Wildman–Crippen MR) is 77.4 cm³/mol. The molecule has 1 unspecified atom stereocenters. The highest BCUT2D eigenvalue weighted by atomic mass is 35.5. The molecule has 0 saturated heterocycles. The normalized spacial score (nSPS) is 15.1. The summed E-state index contributed by atoms with van der Waals surface area (Å²) in [5, 5.41) is 14.3. The van der Waals surface area contributed by atoms with Crippen molar-refractivity contribution in [3.05, 3.63) is 28.8 Å². The second kappa shape index (κ2) is 6.13. The number of anilines is 1. The molecule has 1 aromatic carbocycles. The summed E-state index contributed by atoms with van der Waals surface area (Å²) >= 11 is 5.96. The van der Waals surface area contributed by atoms with Gasteiger partial charge in [-0.05, 0) is 37.0 Å². The zero-order chi connectivity index (χ0) is 15.6. The van der Waals surface area contributed by atoms with Crippen LogP contribution in [0.3, 0.4) is 0 Å². The van der Waals surface area contributed by atoms with Crippen LogP contribution in [0.25, 0.3) is 0 Å². The summed E-state index contributed by atoms with van der Waals surface area (Å²) in [6.45, 7) is 1.35. The minimum Gasteiger partial charge on any atom is -0.480 e. The maximum Gasteiger partial charge on any atom is 0.326 e. The molecule has 0 heterocycles. The van der Waals surface area contributed by atoms with Crippen LogP contribution in [0.15, 0.2) is 18.2 Å². The smallest absolute Gasteiger partial charge is 0.326 e. The Morgan fingerprint density at radius 2 is 2.00 bits per heavy atom. The fourth-order valence-corrected chi connectivity index (χ4v) is 2.21. The van der Waals surface area contributed by atoms with Gasteiger partial charge in [0, 0.05) is 12.6 Å². The van der Waals surface area contributed by atoms with Gasteiger partial charge in [0.05, 0.1) is 10.6 Å². The van der Waals surface area contributed by atoms with Crippen molar-refractivity contribution in [2.45, 2.75) is 25.8 Å². The number of halogens is 1. The molecular weight excluding hydrogens is 296 g/mol. The van der Waals surface area contributed by atoms with Gasteiger partial charge in [0.1, 0.15) is 6.04 Å². The Bertz CT molecular complexity index is 599. The highest BCUT2D eigenvalue weighted by Gasteiger charge is 2.37. The topological polar surface area (TPSA) is 95.5 Å². The van der Waals surface area contributed by atoms with Crippen LogP contribution in [0.2, 0.25) is 5.02 Å². The molecule has 7 heteroatoms. The Balaban J connectivity index is 2.17. The summed E-state index contributed by atoms with van der Waals surface area (Å²) in [5.41, 5.74) is 0.560. The number of amides is 2. The fraction of sp³-hybridized carbons (Fsp3) is 0.357. The third kappa shape index (κ3) is 3.95. The van der Waals surface area contributed by atoms with Crippen molar-refractivity contribution in [2.75, 3.05) is 5.32 Å². The van der Waals surface area contributed by atoms with Crippen molar-refractivity contribution < 1.29 is 19.5 Å². The Kier molecular flexibility index (Phi) is 4.47. The highest BCUT2D eigenvalue weighted by Crippen LogP contribution is 2.33. The van der Waals surface area contributed by atoms with Crippen molar-refractivity contribution in [3.63, 3.8) is 0 Å². The molecule has 112 valence electrons. The number of hydrogen-bond acceptors (Lipinski definition) is 3. The van der Waals surface area contributed by atoms with Crippen LogP contribution >= 0.6 is 11.6 Å². The molecule has 0 spiro atoms. The molecule has 0 aromatic heterocycles. The molecule has 3 N–H and O–H groups in total. The van der Waals surface area contributed by atoms with Gasteiger partial charge in [-0.1, -0.05) is 11.6 Å². The lowest BCUT2D eigenvalue weighted by atomic mass is 10.1. The molecule has 6 nitrogen and oxygen atoms in total. The monoisotopic (exact) mass is 310 g/mol. The van der Waals surface area contributed by atoms with E-state index in [1.54, 1.807) is 6.07 Å². The third-order valence-electron chi connectivity index (χ3n) is 3.18. The van der Waals surface area contributed by atoms with E-state index in [0.29, 0.717) is 5.69 Å². The minimum atomic E-state index is -1.06. The van der Waals surface area contributed by atoms with Crippen LogP contribution in [-0.2, 0) is 9.59 Å². The molecule has 21 heavy (non-hydrogen) atoms. The second-order valence-corrected chi connectivity index (χ2v) is 5.41. The minimum absolute atomic E-state index is 0.0243. The summed E-state index contributed by atoms with van der Waals surface area (Å²) in [6.07, 6.45) is 1.58. The Hall–Kier alpha value is -2.08. The van der Waals surface area contributed by atoms with Gasteiger partial charge >= 0.3 is 5.97 Å². The number of carboxylic acids is 1. The quantitative estimate of drug-likeness (QED) is 0.774. The Labute approximate surface area is 126 Å². The van der Waals surface area contributed by atoms with Crippen LogP contribution in [0.5, 0.6) is 0 Å². The number of carbonyl (C=O) groups is 3. The molecule has 1 saturated carbocycles. The van der Waals surface area contributed by atoms with Crippen molar-refractivity contribution in [1.29, 1.82) is 0 Å². The SMILES string of the molecule is CC(=O)Nc1ccc(Cl)c(C(=O)NC(C(=O)O)C2CC2)c1. The van der Waals surface area contributed by atoms with Gasteiger partial charge in [0.2, 0.25) is 5.91 Å². The Morgan fingerprint density at radius 3 is 2.52 bits per heavy atom. The maximum absolute atomic E-state index is 12.2. The summed E-state index contributed by atoms with van der Waals surface area (Å²) in [5.74, 6) is -1.92. The van der Waals surface area contributed by atoms with Gasteiger partial charge < -0.3 is 15.7 Å². The number of nitrogens with one attached hydrogen (secondary N) is 2. The average Bonchev–Trinajstić information content (AvgIpc) is 3.21. The first-order chi connectivity index (χ1) is 9.88. The Morgan fingerprint density at radius 1 is 1.33 bits per heavy atom. The summed E-state index contributed by atoms with van der Waals surface area (Å²) < 4.78 is 0. The molecule has 1 aliphatic carbocycles. The number of benzene rings is 1. The predicted octanol–water partition coefficient (Wildman–Crippen LogP) is 1.89. The summed E-state index contributed by atoms with van der Waals surface area (Å²) in [7, 11) is 0. The van der Waals surface area contributed by atoms with Crippen LogP contribution in [0.4, 0.5) is 5.69 Å². The number of carboxylic acid groups (broad SMARTS) is 1. The lowest BCUT2D eigenvalue weighted by molar-refractivity contribution is -0.139. The average molecular weight is 311 g/mol. The molecule has 2 rings (SSSR count). The van der Waals surface area contributed by atoms with Crippen LogP contribution < -0.4 is 10.6 Å².